The topological polar surface area (TPSA) is 114 Å². The molecule has 2 aromatic carbocycles. The summed E-state index contributed by atoms with van der Waals surface area (Å²) in [5.41, 5.74) is 2.20. The van der Waals surface area contributed by atoms with Crippen molar-refractivity contribution >= 4 is 40.5 Å². The highest BCUT2D eigenvalue weighted by molar-refractivity contribution is 7.13. The van der Waals surface area contributed by atoms with E-state index in [1.54, 1.807) is 23.7 Å². The van der Waals surface area contributed by atoms with Crippen molar-refractivity contribution in [1.82, 2.24) is 15.0 Å². The number of carbonyl (C=O) groups excluding carboxylic acids is 1. The number of amides is 1. The second kappa shape index (κ2) is 8.63. The number of nitrogens with zero attached hydrogens (tertiary/aromatic N) is 3. The number of benzene rings is 2. The summed E-state index contributed by atoms with van der Waals surface area (Å²) in [4.78, 5) is 34.8. The Labute approximate surface area is 175 Å². The van der Waals surface area contributed by atoms with Crippen LogP contribution in [0.1, 0.15) is 10.5 Å². The summed E-state index contributed by atoms with van der Waals surface area (Å²) >= 11 is 1.31. The van der Waals surface area contributed by atoms with E-state index in [9.17, 15) is 14.9 Å². The van der Waals surface area contributed by atoms with Crippen molar-refractivity contribution < 1.29 is 9.72 Å². The minimum Gasteiger partial charge on any atom is -0.337 e. The maximum atomic E-state index is 12.8. The molecule has 0 spiro atoms. The van der Waals surface area contributed by atoms with Crippen LogP contribution in [0, 0.1) is 10.1 Å². The number of carbonyl (C=O) groups is 1. The summed E-state index contributed by atoms with van der Waals surface area (Å²) < 4.78 is 0. The van der Waals surface area contributed by atoms with Gasteiger partial charge in [-0.3, -0.25) is 20.2 Å². The van der Waals surface area contributed by atoms with Crippen LogP contribution >= 0.6 is 23.7 Å². The quantitative estimate of drug-likeness (QED) is 0.351. The Kier molecular flexibility index (Phi) is 6.01. The molecule has 1 amide bonds. The number of halogens is 1. The number of thiazole rings is 1. The second-order valence-corrected chi connectivity index (χ2v) is 6.66. The molecule has 8 nitrogen and oxygen atoms in total. The highest BCUT2D eigenvalue weighted by Crippen LogP contribution is 2.28. The van der Waals surface area contributed by atoms with Gasteiger partial charge in [0.2, 0.25) is 0 Å². The largest absolute Gasteiger partial charge is 0.337 e. The molecule has 0 saturated carbocycles. The van der Waals surface area contributed by atoms with Crippen molar-refractivity contribution in [1.29, 1.82) is 0 Å². The lowest BCUT2D eigenvalue weighted by Crippen LogP contribution is -2.13. The molecule has 2 aromatic heterocycles. The van der Waals surface area contributed by atoms with Crippen LogP contribution in [-0.2, 0) is 0 Å². The molecule has 4 rings (SSSR count). The molecule has 10 heteroatoms. The highest BCUT2D eigenvalue weighted by atomic mass is 35.5. The van der Waals surface area contributed by atoms with E-state index in [1.165, 1.54) is 23.5 Å². The van der Waals surface area contributed by atoms with E-state index in [1.807, 2.05) is 30.3 Å². The molecule has 0 radical (unpaired) electrons. The fraction of sp³-hybridized carbons (Fsp3) is 0. The van der Waals surface area contributed by atoms with Crippen LogP contribution < -0.4 is 5.32 Å². The molecule has 0 bridgehead atoms. The van der Waals surface area contributed by atoms with Gasteiger partial charge < -0.3 is 4.98 Å². The lowest BCUT2D eigenvalue weighted by atomic mass is 10.1. The molecule has 146 valence electrons. The Hall–Kier alpha value is -3.56. The molecule has 0 saturated heterocycles. The Balaban J connectivity index is 0.00000240. The van der Waals surface area contributed by atoms with Crippen LogP contribution in [0.25, 0.3) is 22.6 Å². The molecule has 0 aliphatic carbocycles. The van der Waals surface area contributed by atoms with Crippen molar-refractivity contribution in [3.63, 3.8) is 0 Å². The Morgan fingerprint density at radius 2 is 1.79 bits per heavy atom. The fourth-order valence-corrected chi connectivity index (χ4v) is 3.19. The molecular weight excluding hydrogens is 414 g/mol. The molecule has 0 atom stereocenters. The standard InChI is InChI=1S/C19H13N5O3S.ClH/c25-18(23-19-20-10-11-28-19)16-15(12-4-2-1-3-5-12)21-17(22-16)13-6-8-14(9-7-13)24(26)27;/h1-11H,(H,21,22)(H,20,23,25);1H. The monoisotopic (exact) mass is 427 g/mol. The number of nitrogens with one attached hydrogen (secondary N) is 2. The van der Waals surface area contributed by atoms with E-state index in [2.05, 4.69) is 20.3 Å². The van der Waals surface area contributed by atoms with E-state index >= 15 is 0 Å². The zero-order chi connectivity index (χ0) is 19.5. The van der Waals surface area contributed by atoms with Crippen LogP contribution in [-0.4, -0.2) is 25.8 Å². The molecule has 2 heterocycles. The number of rotatable bonds is 5. The van der Waals surface area contributed by atoms with E-state index < -0.39 is 10.8 Å². The number of nitro benzene ring substituents is 1. The number of hydrogen-bond donors (Lipinski definition) is 2. The maximum Gasteiger partial charge on any atom is 0.278 e. The van der Waals surface area contributed by atoms with Crippen molar-refractivity contribution in [3.8, 4) is 22.6 Å². The van der Waals surface area contributed by atoms with Crippen molar-refractivity contribution in [2.24, 2.45) is 0 Å². The molecular formula is C19H14ClN5O3S. The lowest BCUT2D eigenvalue weighted by molar-refractivity contribution is -0.384. The number of H-pyrrole nitrogens is 1. The lowest BCUT2D eigenvalue weighted by Gasteiger charge is -2.02. The van der Waals surface area contributed by atoms with Gasteiger partial charge >= 0.3 is 0 Å². The first-order valence-electron chi connectivity index (χ1n) is 8.23. The van der Waals surface area contributed by atoms with Gasteiger partial charge in [0.05, 0.1) is 10.6 Å². The number of aromatic amines is 1. The predicted octanol–water partition coefficient (Wildman–Crippen LogP) is 4.78. The molecule has 0 aliphatic heterocycles. The first-order chi connectivity index (χ1) is 13.6. The number of imidazole rings is 1. The summed E-state index contributed by atoms with van der Waals surface area (Å²) in [6.45, 7) is 0. The second-order valence-electron chi connectivity index (χ2n) is 5.77. The first-order valence-corrected chi connectivity index (χ1v) is 9.11. The third kappa shape index (κ3) is 4.31. The summed E-state index contributed by atoms with van der Waals surface area (Å²) in [7, 11) is 0. The van der Waals surface area contributed by atoms with Crippen molar-refractivity contribution in [2.75, 3.05) is 5.32 Å². The highest BCUT2D eigenvalue weighted by Gasteiger charge is 2.20. The number of non-ortho nitro benzene ring substituents is 1. The average Bonchev–Trinajstić information content (AvgIpc) is 3.38. The van der Waals surface area contributed by atoms with E-state index in [0.29, 0.717) is 22.2 Å². The smallest absolute Gasteiger partial charge is 0.278 e. The number of aromatic nitrogens is 3. The van der Waals surface area contributed by atoms with Crippen LogP contribution in [0.5, 0.6) is 0 Å². The zero-order valence-electron chi connectivity index (χ0n) is 14.7. The van der Waals surface area contributed by atoms with Gasteiger partial charge in [0, 0.05) is 34.8 Å². The van der Waals surface area contributed by atoms with Gasteiger partial charge in [0.15, 0.2) is 10.8 Å². The van der Waals surface area contributed by atoms with Crippen LogP contribution in [0.4, 0.5) is 10.8 Å². The molecule has 0 fully saturated rings. The van der Waals surface area contributed by atoms with Gasteiger partial charge in [-0.2, -0.15) is 0 Å². The zero-order valence-corrected chi connectivity index (χ0v) is 16.4. The summed E-state index contributed by atoms with van der Waals surface area (Å²) in [5.74, 6) is 0.0521. The van der Waals surface area contributed by atoms with Crippen LogP contribution in [0.3, 0.4) is 0 Å². The van der Waals surface area contributed by atoms with E-state index in [0.717, 1.165) is 5.56 Å². The Morgan fingerprint density at radius 3 is 2.41 bits per heavy atom. The molecule has 0 unspecified atom stereocenters. The summed E-state index contributed by atoms with van der Waals surface area (Å²) in [6.07, 6.45) is 1.60. The minimum atomic E-state index is -0.464. The molecule has 29 heavy (non-hydrogen) atoms. The van der Waals surface area contributed by atoms with Gasteiger partial charge in [-0.15, -0.1) is 23.7 Å². The number of hydrogen-bond acceptors (Lipinski definition) is 6. The van der Waals surface area contributed by atoms with Crippen molar-refractivity contribution in [3.05, 3.63) is 82.0 Å². The van der Waals surface area contributed by atoms with Crippen LogP contribution in [0.2, 0.25) is 0 Å². The summed E-state index contributed by atoms with van der Waals surface area (Å²) in [6, 6.07) is 15.3. The van der Waals surface area contributed by atoms with E-state index in [-0.39, 0.29) is 23.8 Å². The minimum absolute atomic E-state index is 0. The van der Waals surface area contributed by atoms with Gasteiger partial charge in [-0.1, -0.05) is 30.3 Å². The Bertz CT molecular complexity index is 1130. The third-order valence-corrected chi connectivity index (χ3v) is 4.67. The molecule has 2 N–H and O–H groups in total. The van der Waals surface area contributed by atoms with E-state index in [4.69, 9.17) is 0 Å². The Morgan fingerprint density at radius 1 is 1.07 bits per heavy atom. The number of nitro groups is 1. The number of anilines is 1. The summed E-state index contributed by atoms with van der Waals surface area (Å²) in [5, 5.41) is 15.8. The van der Waals surface area contributed by atoms with Crippen molar-refractivity contribution in [2.45, 2.75) is 0 Å². The van der Waals surface area contributed by atoms with Gasteiger partial charge in [-0.25, -0.2) is 9.97 Å². The SMILES string of the molecule is Cl.O=C(Nc1nccs1)c1nc(-c2ccc([N+](=O)[O-])cc2)[nH]c1-c1ccccc1. The maximum absolute atomic E-state index is 12.8. The van der Waals surface area contributed by atoms with Gasteiger partial charge in [0.25, 0.3) is 11.6 Å². The normalized spacial score (nSPS) is 10.2. The fourth-order valence-electron chi connectivity index (χ4n) is 2.67. The van der Waals surface area contributed by atoms with Crippen LogP contribution in [0.15, 0.2) is 66.2 Å². The third-order valence-electron chi connectivity index (χ3n) is 3.99. The van der Waals surface area contributed by atoms with Gasteiger partial charge in [0.1, 0.15) is 5.82 Å². The predicted molar refractivity (Wildman–Crippen MR) is 113 cm³/mol. The molecule has 4 aromatic rings. The average molecular weight is 428 g/mol. The first kappa shape index (κ1) is 20.2. The molecule has 0 aliphatic rings. The van der Waals surface area contributed by atoms with Gasteiger partial charge in [-0.05, 0) is 12.1 Å².